The summed E-state index contributed by atoms with van der Waals surface area (Å²) in [6.07, 6.45) is 1.72. The zero-order chi connectivity index (χ0) is 16.3. The lowest BCUT2D eigenvalue weighted by Gasteiger charge is -2.25. The van der Waals surface area contributed by atoms with Gasteiger partial charge in [0.1, 0.15) is 0 Å². The molecule has 1 heterocycles. The minimum absolute atomic E-state index is 0.133. The lowest BCUT2D eigenvalue weighted by Crippen LogP contribution is -2.46. The maximum atomic E-state index is 12.4. The number of esters is 2. The van der Waals surface area contributed by atoms with Crippen molar-refractivity contribution < 1.29 is 19.1 Å². The molecule has 0 saturated heterocycles. The van der Waals surface area contributed by atoms with Gasteiger partial charge in [-0.1, -0.05) is 29.8 Å². The Morgan fingerprint density at radius 3 is 2.27 bits per heavy atom. The highest BCUT2D eigenvalue weighted by molar-refractivity contribution is 6.31. The van der Waals surface area contributed by atoms with Crippen molar-refractivity contribution in [3.63, 3.8) is 0 Å². The molecule has 0 bridgehead atoms. The number of methoxy groups -OCH3 is 2. The van der Waals surface area contributed by atoms with Gasteiger partial charge in [0, 0.05) is 11.4 Å². The maximum absolute atomic E-state index is 12.4. The number of carbonyl (C=O) groups is 2. The Labute approximate surface area is 133 Å². The summed E-state index contributed by atoms with van der Waals surface area (Å²) in [6.45, 7) is 3.69. The van der Waals surface area contributed by atoms with E-state index < -0.39 is 17.4 Å². The first kappa shape index (κ1) is 16.2. The minimum atomic E-state index is -1.59. The predicted octanol–water partition coefficient (Wildman–Crippen LogP) is 2.42. The molecule has 0 aliphatic carbocycles. The molecule has 6 heteroatoms. The first-order chi connectivity index (χ1) is 10.5. The first-order valence-corrected chi connectivity index (χ1v) is 7.01. The predicted molar refractivity (Wildman–Crippen MR) is 83.1 cm³/mol. The van der Waals surface area contributed by atoms with Gasteiger partial charge in [0.15, 0.2) is 0 Å². The number of rotatable bonds is 4. The van der Waals surface area contributed by atoms with Crippen LogP contribution in [0.5, 0.6) is 0 Å². The minimum Gasteiger partial charge on any atom is -0.468 e. The van der Waals surface area contributed by atoms with Crippen LogP contribution >= 0.6 is 11.6 Å². The van der Waals surface area contributed by atoms with E-state index in [1.165, 1.54) is 14.2 Å². The van der Waals surface area contributed by atoms with E-state index in [-0.39, 0.29) is 12.5 Å². The van der Waals surface area contributed by atoms with Gasteiger partial charge >= 0.3 is 11.9 Å². The average molecular weight is 322 g/mol. The van der Waals surface area contributed by atoms with Crippen molar-refractivity contribution in [1.82, 2.24) is 0 Å². The van der Waals surface area contributed by atoms with E-state index in [1.54, 1.807) is 30.3 Å². The number of ether oxygens (including phenoxy) is 2. The molecule has 0 saturated carbocycles. The van der Waals surface area contributed by atoms with Crippen molar-refractivity contribution in [2.45, 2.75) is 12.5 Å². The highest BCUT2D eigenvalue weighted by Gasteiger charge is 2.57. The van der Waals surface area contributed by atoms with Crippen molar-refractivity contribution in [1.29, 1.82) is 0 Å². The highest BCUT2D eigenvalue weighted by Crippen LogP contribution is 2.39. The maximum Gasteiger partial charge on any atom is 0.329 e. The van der Waals surface area contributed by atoms with E-state index in [0.29, 0.717) is 16.3 Å². The van der Waals surface area contributed by atoms with Crippen LogP contribution in [0.15, 0.2) is 41.9 Å². The molecule has 0 N–H and O–H groups in total. The molecule has 0 radical (unpaired) electrons. The fourth-order valence-electron chi connectivity index (χ4n) is 2.59. The van der Waals surface area contributed by atoms with Gasteiger partial charge in [-0.3, -0.25) is 14.6 Å². The molecule has 1 aliphatic heterocycles. The summed E-state index contributed by atoms with van der Waals surface area (Å²) >= 11 is 5.89. The lowest BCUT2D eigenvalue weighted by atomic mass is 9.77. The smallest absolute Gasteiger partial charge is 0.329 e. The second-order valence-corrected chi connectivity index (χ2v) is 5.32. The highest BCUT2D eigenvalue weighted by atomic mass is 35.5. The number of benzene rings is 1. The number of hydrogen-bond acceptors (Lipinski definition) is 5. The van der Waals surface area contributed by atoms with Gasteiger partial charge in [0.25, 0.3) is 0 Å². The average Bonchev–Trinajstić information content (AvgIpc) is 2.95. The molecule has 0 spiro atoms. The summed E-state index contributed by atoms with van der Waals surface area (Å²) in [5.41, 5.74) is -0.659. The van der Waals surface area contributed by atoms with Crippen molar-refractivity contribution in [3.05, 3.63) is 47.5 Å². The number of carbonyl (C=O) groups excluding carboxylic acids is 2. The van der Waals surface area contributed by atoms with Gasteiger partial charge in [0.2, 0.25) is 5.41 Å². The molecule has 0 amide bonds. The quantitative estimate of drug-likeness (QED) is 0.485. The molecule has 0 aromatic heterocycles. The van der Waals surface area contributed by atoms with Gasteiger partial charge in [-0.15, -0.1) is 6.58 Å². The zero-order valence-electron chi connectivity index (χ0n) is 12.3. The molecular formula is C16H16ClNO4. The van der Waals surface area contributed by atoms with Crippen LogP contribution in [-0.2, 0) is 19.1 Å². The van der Waals surface area contributed by atoms with Crippen molar-refractivity contribution in [3.8, 4) is 0 Å². The Balaban J connectivity index is 2.62. The van der Waals surface area contributed by atoms with Crippen LogP contribution in [0, 0.1) is 5.41 Å². The second kappa shape index (κ2) is 6.32. The zero-order valence-corrected chi connectivity index (χ0v) is 13.1. The summed E-state index contributed by atoms with van der Waals surface area (Å²) < 4.78 is 9.70. The number of aliphatic imine (C=N–C) groups is 1. The van der Waals surface area contributed by atoms with Crippen molar-refractivity contribution in [2.24, 2.45) is 10.4 Å². The molecule has 1 aromatic rings. The van der Waals surface area contributed by atoms with Crippen LogP contribution in [0.25, 0.3) is 0 Å². The third kappa shape index (κ3) is 2.52. The fourth-order valence-corrected chi connectivity index (χ4v) is 2.71. The molecule has 1 unspecified atom stereocenters. The van der Waals surface area contributed by atoms with E-state index in [0.717, 1.165) is 0 Å². The molecular weight excluding hydrogens is 306 g/mol. The van der Waals surface area contributed by atoms with Crippen LogP contribution < -0.4 is 0 Å². The van der Waals surface area contributed by atoms with Crippen molar-refractivity contribution in [2.75, 3.05) is 14.2 Å². The monoisotopic (exact) mass is 321 g/mol. The Morgan fingerprint density at radius 2 is 1.82 bits per heavy atom. The largest absolute Gasteiger partial charge is 0.468 e. The third-order valence-corrected chi connectivity index (χ3v) is 3.92. The molecule has 2 rings (SSSR count). The van der Waals surface area contributed by atoms with Crippen LogP contribution in [0.3, 0.4) is 0 Å². The van der Waals surface area contributed by atoms with Crippen LogP contribution in [0.4, 0.5) is 0 Å². The molecule has 5 nitrogen and oxygen atoms in total. The van der Waals surface area contributed by atoms with Gasteiger partial charge < -0.3 is 9.47 Å². The molecule has 116 valence electrons. The summed E-state index contributed by atoms with van der Waals surface area (Å²) in [5, 5.41) is 0.546. The first-order valence-electron chi connectivity index (χ1n) is 6.63. The van der Waals surface area contributed by atoms with E-state index in [4.69, 9.17) is 21.1 Å². The van der Waals surface area contributed by atoms with Gasteiger partial charge in [-0.25, -0.2) is 0 Å². The van der Waals surface area contributed by atoms with Crippen LogP contribution in [0.2, 0.25) is 5.02 Å². The van der Waals surface area contributed by atoms with Gasteiger partial charge in [0.05, 0.1) is 26.0 Å². The lowest BCUT2D eigenvalue weighted by molar-refractivity contribution is -0.163. The van der Waals surface area contributed by atoms with Crippen LogP contribution in [0.1, 0.15) is 12.0 Å². The Morgan fingerprint density at radius 1 is 1.27 bits per heavy atom. The fraction of sp³-hybridized carbons (Fsp3) is 0.312. The SMILES string of the molecule is C=CC1CC(C(=O)OC)(C(=O)OC)C(c2ccc(Cl)cc2)=N1. The third-order valence-electron chi connectivity index (χ3n) is 3.67. The normalized spacial score (nSPS) is 19.2. The number of nitrogens with zero attached hydrogens (tertiary/aromatic N) is 1. The van der Waals surface area contributed by atoms with E-state index in [1.807, 2.05) is 0 Å². The molecule has 1 aromatic carbocycles. The van der Waals surface area contributed by atoms with Gasteiger partial charge in [-0.2, -0.15) is 0 Å². The number of hydrogen-bond donors (Lipinski definition) is 0. The summed E-state index contributed by atoms with van der Waals surface area (Å²) in [7, 11) is 2.46. The summed E-state index contributed by atoms with van der Waals surface area (Å²) in [6, 6.07) is 6.37. The molecule has 22 heavy (non-hydrogen) atoms. The second-order valence-electron chi connectivity index (χ2n) is 4.88. The Bertz CT molecular complexity index is 620. The van der Waals surface area contributed by atoms with Crippen LogP contribution in [-0.4, -0.2) is 37.9 Å². The van der Waals surface area contributed by atoms with Crippen molar-refractivity contribution >= 4 is 29.3 Å². The number of halogens is 1. The summed E-state index contributed by atoms with van der Waals surface area (Å²) in [5.74, 6) is -1.39. The standard InChI is InChI=1S/C16H16ClNO4/c1-4-12-9-16(14(19)21-2,15(20)22-3)13(18-12)10-5-7-11(17)8-6-10/h4-8,12H,1,9H2,2-3H3. The Hall–Kier alpha value is -2.14. The molecule has 1 aliphatic rings. The van der Waals surface area contributed by atoms with E-state index in [9.17, 15) is 9.59 Å². The van der Waals surface area contributed by atoms with E-state index in [2.05, 4.69) is 11.6 Å². The van der Waals surface area contributed by atoms with Gasteiger partial charge in [-0.05, 0) is 17.7 Å². The summed E-state index contributed by atoms with van der Waals surface area (Å²) in [4.78, 5) is 29.2. The van der Waals surface area contributed by atoms with E-state index >= 15 is 0 Å². The Kier molecular flexibility index (Phi) is 4.66. The topological polar surface area (TPSA) is 65.0 Å². The molecule has 1 atom stereocenters. The molecule has 0 fully saturated rings.